The number of carbonyl (C=O) groups excluding carboxylic acids is 2. The van der Waals surface area contributed by atoms with Crippen LogP contribution in [0.4, 0.5) is 0 Å². The van der Waals surface area contributed by atoms with Crippen molar-refractivity contribution in [2.75, 3.05) is 13.2 Å². The largest absolute Gasteiger partial charge is 0.494 e. The van der Waals surface area contributed by atoms with Crippen molar-refractivity contribution in [3.8, 4) is 28.1 Å². The Bertz CT molecular complexity index is 1700. The van der Waals surface area contributed by atoms with Crippen molar-refractivity contribution in [1.82, 2.24) is 15.6 Å². The van der Waals surface area contributed by atoms with Crippen molar-refractivity contribution < 1.29 is 24.2 Å². The number of carboxylic acid groups (broad SMARTS) is 1. The molecule has 5 N–H and O–H groups in total. The van der Waals surface area contributed by atoms with Gasteiger partial charge in [0.05, 0.1) is 12.3 Å². The average molecular weight is 693 g/mol. The number of aliphatic carboxylic acids is 1. The van der Waals surface area contributed by atoms with Crippen LogP contribution in [0.25, 0.3) is 22.4 Å². The van der Waals surface area contributed by atoms with E-state index in [-0.39, 0.29) is 24.8 Å². The maximum absolute atomic E-state index is 13.4. The van der Waals surface area contributed by atoms with Crippen molar-refractivity contribution in [1.29, 1.82) is 0 Å². The molecule has 9 nitrogen and oxygen atoms in total. The summed E-state index contributed by atoms with van der Waals surface area (Å²) >= 11 is 0. The van der Waals surface area contributed by atoms with Crippen molar-refractivity contribution in [3.63, 3.8) is 0 Å². The number of unbranched alkanes of at least 4 members (excludes halogenated alkanes) is 4. The number of nitrogens with one attached hydrogen (secondary N) is 2. The summed E-state index contributed by atoms with van der Waals surface area (Å²) in [5.74, 6) is -1.35. The predicted molar refractivity (Wildman–Crippen MR) is 203 cm³/mol. The molecule has 2 amide bonds. The van der Waals surface area contributed by atoms with Crippen LogP contribution in [0.5, 0.6) is 5.75 Å². The van der Waals surface area contributed by atoms with Crippen LogP contribution in [0.1, 0.15) is 87.7 Å². The van der Waals surface area contributed by atoms with Gasteiger partial charge in [0.15, 0.2) is 0 Å². The number of amides is 2. The first-order chi connectivity index (χ1) is 24.5. The van der Waals surface area contributed by atoms with Crippen LogP contribution in [-0.2, 0) is 21.4 Å². The molecule has 0 bridgehead atoms. The standard InChI is InChI=1S/C42H52N4O5/c1-5-6-7-8-9-26-51-35-21-16-30(17-22-35)33-18-23-36(44-28-33)31-12-10-29(11-13-31)27-38(40(48)45-37(24-25-43)41(49)50)46-39(47)32-14-19-34(20-15-32)42(2,3)4/h10-23,28,37-38H,5-9,24-27,43H2,1-4H3,(H,45,48)(H,46,47)(H,49,50)/t37-,38-/m0/s1. The van der Waals surface area contributed by atoms with E-state index in [0.717, 1.165) is 52.3 Å². The van der Waals surface area contributed by atoms with Crippen molar-refractivity contribution >= 4 is 17.8 Å². The second-order valence-electron chi connectivity index (χ2n) is 14.0. The zero-order chi connectivity index (χ0) is 36.8. The van der Waals surface area contributed by atoms with E-state index >= 15 is 0 Å². The van der Waals surface area contributed by atoms with Gasteiger partial charge < -0.3 is 26.2 Å². The summed E-state index contributed by atoms with van der Waals surface area (Å²) in [6.45, 7) is 9.30. The minimum atomic E-state index is -1.19. The molecule has 1 heterocycles. The van der Waals surface area contributed by atoms with Gasteiger partial charge in [-0.05, 0) is 71.8 Å². The molecule has 270 valence electrons. The molecule has 0 radical (unpaired) electrons. The fourth-order valence-corrected chi connectivity index (χ4v) is 5.69. The van der Waals surface area contributed by atoms with E-state index in [1.165, 1.54) is 25.7 Å². The number of carbonyl (C=O) groups is 3. The van der Waals surface area contributed by atoms with Crippen LogP contribution in [-0.4, -0.2) is 53.1 Å². The maximum atomic E-state index is 13.4. The van der Waals surface area contributed by atoms with E-state index in [2.05, 4.69) is 38.3 Å². The van der Waals surface area contributed by atoms with Crippen LogP contribution in [0, 0.1) is 0 Å². The number of pyridine rings is 1. The maximum Gasteiger partial charge on any atom is 0.326 e. The fraction of sp³-hybridized carbons (Fsp3) is 0.381. The first-order valence-corrected chi connectivity index (χ1v) is 17.9. The van der Waals surface area contributed by atoms with E-state index in [0.29, 0.717) is 5.56 Å². The number of benzene rings is 3. The van der Waals surface area contributed by atoms with Crippen LogP contribution < -0.4 is 21.1 Å². The first-order valence-electron chi connectivity index (χ1n) is 17.9. The average Bonchev–Trinajstić information content (AvgIpc) is 3.13. The molecular weight excluding hydrogens is 640 g/mol. The number of aromatic nitrogens is 1. The zero-order valence-electron chi connectivity index (χ0n) is 30.3. The van der Waals surface area contributed by atoms with Crippen LogP contribution in [0.2, 0.25) is 0 Å². The van der Waals surface area contributed by atoms with Gasteiger partial charge >= 0.3 is 5.97 Å². The lowest BCUT2D eigenvalue weighted by Crippen LogP contribution is -2.52. The van der Waals surface area contributed by atoms with Crippen molar-refractivity contribution in [2.24, 2.45) is 5.73 Å². The van der Waals surface area contributed by atoms with Gasteiger partial charge in [-0.25, -0.2) is 4.79 Å². The van der Waals surface area contributed by atoms with Crippen LogP contribution in [0.3, 0.4) is 0 Å². The Morgan fingerprint density at radius 3 is 2.02 bits per heavy atom. The number of rotatable bonds is 18. The Labute approximate surface area is 302 Å². The third kappa shape index (κ3) is 11.8. The third-order valence-corrected chi connectivity index (χ3v) is 8.86. The van der Waals surface area contributed by atoms with Crippen LogP contribution >= 0.6 is 0 Å². The molecule has 0 unspecified atom stereocenters. The number of carboxylic acids is 1. The fourth-order valence-electron chi connectivity index (χ4n) is 5.69. The van der Waals surface area contributed by atoms with Gasteiger partial charge in [0.2, 0.25) is 5.91 Å². The normalized spacial score (nSPS) is 12.5. The molecule has 0 aliphatic rings. The molecule has 0 aliphatic carbocycles. The van der Waals surface area contributed by atoms with E-state index in [1.54, 1.807) is 12.1 Å². The van der Waals surface area contributed by atoms with Gasteiger partial charge in [0, 0.05) is 29.3 Å². The summed E-state index contributed by atoms with van der Waals surface area (Å²) in [6.07, 6.45) is 8.08. The highest BCUT2D eigenvalue weighted by atomic mass is 16.5. The summed E-state index contributed by atoms with van der Waals surface area (Å²) < 4.78 is 5.90. The Morgan fingerprint density at radius 1 is 0.784 bits per heavy atom. The molecular formula is C42H52N4O5. The Kier molecular flexibility index (Phi) is 14.3. The van der Waals surface area contributed by atoms with E-state index in [9.17, 15) is 19.5 Å². The van der Waals surface area contributed by atoms with E-state index < -0.39 is 29.9 Å². The molecule has 9 heteroatoms. The lowest BCUT2D eigenvalue weighted by atomic mass is 9.86. The van der Waals surface area contributed by atoms with Gasteiger partial charge in [-0.2, -0.15) is 0 Å². The van der Waals surface area contributed by atoms with Gasteiger partial charge in [0.25, 0.3) is 5.91 Å². The number of hydrogen-bond acceptors (Lipinski definition) is 6. The highest BCUT2D eigenvalue weighted by Crippen LogP contribution is 2.26. The molecule has 0 saturated carbocycles. The highest BCUT2D eigenvalue weighted by Gasteiger charge is 2.27. The van der Waals surface area contributed by atoms with Gasteiger partial charge in [0.1, 0.15) is 17.8 Å². The first kappa shape index (κ1) is 38.8. The molecule has 0 spiro atoms. The number of nitrogens with zero attached hydrogens (tertiary/aromatic N) is 1. The summed E-state index contributed by atoms with van der Waals surface area (Å²) in [5.41, 5.74) is 11.5. The predicted octanol–water partition coefficient (Wildman–Crippen LogP) is 7.32. The molecule has 0 saturated heterocycles. The number of ether oxygens (including phenoxy) is 1. The van der Waals surface area contributed by atoms with Gasteiger partial charge in [-0.15, -0.1) is 0 Å². The minimum absolute atomic E-state index is 0.0650. The topological polar surface area (TPSA) is 144 Å². The Morgan fingerprint density at radius 2 is 1.43 bits per heavy atom. The molecule has 3 aromatic carbocycles. The lowest BCUT2D eigenvalue weighted by Gasteiger charge is -2.22. The Hall–Kier alpha value is -5.02. The number of hydrogen-bond donors (Lipinski definition) is 4. The van der Waals surface area contributed by atoms with E-state index in [4.69, 9.17) is 15.5 Å². The minimum Gasteiger partial charge on any atom is -0.494 e. The summed E-state index contributed by atoms with van der Waals surface area (Å²) in [5, 5.41) is 15.0. The molecule has 0 aliphatic heterocycles. The van der Waals surface area contributed by atoms with Gasteiger partial charge in [-0.1, -0.05) is 108 Å². The molecule has 51 heavy (non-hydrogen) atoms. The molecule has 4 aromatic rings. The summed E-state index contributed by atoms with van der Waals surface area (Å²) in [4.78, 5) is 43.1. The second-order valence-corrected chi connectivity index (χ2v) is 14.0. The molecule has 4 rings (SSSR count). The SMILES string of the molecule is CCCCCCCOc1ccc(-c2ccc(-c3ccc(C[C@H](NC(=O)c4ccc(C(C)(C)C)cc4)C(=O)N[C@@H](CCN)C(=O)O)cc3)nc2)cc1. The molecule has 1 aromatic heterocycles. The highest BCUT2D eigenvalue weighted by molar-refractivity contribution is 5.98. The van der Waals surface area contributed by atoms with Crippen LogP contribution in [0.15, 0.2) is 91.1 Å². The third-order valence-electron chi connectivity index (χ3n) is 8.86. The van der Waals surface area contributed by atoms with Gasteiger partial charge in [-0.3, -0.25) is 14.6 Å². The monoisotopic (exact) mass is 692 g/mol. The summed E-state index contributed by atoms with van der Waals surface area (Å²) in [6, 6.07) is 24.7. The molecule has 2 atom stereocenters. The number of nitrogens with two attached hydrogens (primary N) is 1. The second kappa shape index (κ2) is 18.8. The zero-order valence-corrected chi connectivity index (χ0v) is 30.3. The lowest BCUT2D eigenvalue weighted by molar-refractivity contribution is -0.142. The molecule has 0 fully saturated rings. The van der Waals surface area contributed by atoms with E-state index in [1.807, 2.05) is 79.0 Å². The van der Waals surface area contributed by atoms with Crippen molar-refractivity contribution in [3.05, 3.63) is 108 Å². The quantitative estimate of drug-likeness (QED) is 0.0800. The smallest absolute Gasteiger partial charge is 0.326 e. The summed E-state index contributed by atoms with van der Waals surface area (Å²) in [7, 11) is 0. The van der Waals surface area contributed by atoms with Crippen molar-refractivity contribution in [2.45, 2.75) is 90.1 Å². The Balaban J connectivity index is 1.42.